The summed E-state index contributed by atoms with van der Waals surface area (Å²) in [6, 6.07) is 7.56. The predicted molar refractivity (Wildman–Crippen MR) is 70.2 cm³/mol. The van der Waals surface area contributed by atoms with Crippen LogP contribution in [0.2, 0.25) is 0 Å². The summed E-state index contributed by atoms with van der Waals surface area (Å²) in [4.78, 5) is 9.60. The number of aromatic nitrogens is 1. The van der Waals surface area contributed by atoms with Gasteiger partial charge in [0.05, 0.1) is 0 Å². The molecule has 3 nitrogen and oxygen atoms in total. The zero-order valence-corrected chi connectivity index (χ0v) is 10.9. The molecule has 0 aliphatic carbocycles. The number of rotatable bonds is 1. The molecule has 3 rings (SSSR count). The van der Waals surface area contributed by atoms with Gasteiger partial charge in [-0.3, -0.25) is 4.90 Å². The normalized spacial score (nSPS) is 29.0. The molecule has 17 heavy (non-hydrogen) atoms. The van der Waals surface area contributed by atoms with Gasteiger partial charge in [0.2, 0.25) is 0 Å². The van der Waals surface area contributed by atoms with Crippen molar-refractivity contribution in [2.45, 2.75) is 44.8 Å². The second-order valence-electron chi connectivity index (χ2n) is 6.21. The van der Waals surface area contributed by atoms with Crippen LogP contribution < -0.4 is 4.90 Å². The van der Waals surface area contributed by atoms with E-state index in [0.717, 1.165) is 12.4 Å². The molecule has 2 atom stereocenters. The summed E-state index contributed by atoms with van der Waals surface area (Å²) in [7, 11) is 0. The van der Waals surface area contributed by atoms with Gasteiger partial charge in [-0.2, -0.15) is 0 Å². The fourth-order valence-corrected chi connectivity index (χ4v) is 3.29. The van der Waals surface area contributed by atoms with E-state index in [-0.39, 0.29) is 0 Å². The van der Waals surface area contributed by atoms with E-state index in [0.29, 0.717) is 17.6 Å². The van der Waals surface area contributed by atoms with Gasteiger partial charge in [-0.25, -0.2) is 4.98 Å². The highest BCUT2D eigenvalue weighted by Gasteiger charge is 2.46. The van der Waals surface area contributed by atoms with Gasteiger partial charge in [0.25, 0.3) is 0 Å². The lowest BCUT2D eigenvalue weighted by molar-refractivity contribution is 0.113. The van der Waals surface area contributed by atoms with Gasteiger partial charge < -0.3 is 4.90 Å². The molecule has 0 amide bonds. The molecule has 2 aliphatic rings. The molecule has 1 aromatic rings. The van der Waals surface area contributed by atoms with Gasteiger partial charge in [0, 0.05) is 36.9 Å². The average molecular weight is 231 g/mol. The minimum atomic E-state index is 0.301. The van der Waals surface area contributed by atoms with E-state index in [1.807, 2.05) is 12.3 Å². The topological polar surface area (TPSA) is 19.4 Å². The number of hydrogen-bond acceptors (Lipinski definition) is 3. The summed E-state index contributed by atoms with van der Waals surface area (Å²) in [5.41, 5.74) is 0.301. The van der Waals surface area contributed by atoms with Crippen LogP contribution in [0.3, 0.4) is 0 Å². The fourth-order valence-electron chi connectivity index (χ4n) is 3.29. The first-order chi connectivity index (χ1) is 8.05. The van der Waals surface area contributed by atoms with E-state index in [2.05, 4.69) is 47.7 Å². The Bertz CT molecular complexity index is 396. The van der Waals surface area contributed by atoms with Crippen LogP contribution >= 0.6 is 0 Å². The molecule has 0 N–H and O–H groups in total. The Kier molecular flexibility index (Phi) is 2.40. The Morgan fingerprint density at radius 2 is 2.00 bits per heavy atom. The molecule has 3 heteroatoms. The van der Waals surface area contributed by atoms with Crippen molar-refractivity contribution in [2.75, 3.05) is 18.0 Å². The highest BCUT2D eigenvalue weighted by atomic mass is 15.4. The van der Waals surface area contributed by atoms with Crippen molar-refractivity contribution in [3.8, 4) is 0 Å². The highest BCUT2D eigenvalue weighted by Crippen LogP contribution is 2.37. The number of anilines is 1. The van der Waals surface area contributed by atoms with E-state index in [4.69, 9.17) is 0 Å². The zero-order chi connectivity index (χ0) is 12.0. The van der Waals surface area contributed by atoms with Crippen molar-refractivity contribution in [3.63, 3.8) is 0 Å². The van der Waals surface area contributed by atoms with Gasteiger partial charge in [0.15, 0.2) is 0 Å². The van der Waals surface area contributed by atoms with Crippen LogP contribution in [0.5, 0.6) is 0 Å². The Morgan fingerprint density at radius 1 is 1.18 bits per heavy atom. The third kappa shape index (κ3) is 1.82. The molecule has 0 radical (unpaired) electrons. The van der Waals surface area contributed by atoms with Crippen molar-refractivity contribution in [2.24, 2.45) is 0 Å². The Labute approximate surface area is 103 Å². The number of pyridine rings is 1. The lowest BCUT2D eigenvalue weighted by atomic mass is 10.0. The van der Waals surface area contributed by atoms with Crippen LogP contribution in [0.25, 0.3) is 0 Å². The van der Waals surface area contributed by atoms with E-state index >= 15 is 0 Å². The SMILES string of the molecule is CC(C)(C)N1CC2CC1CN2c1ccccn1. The van der Waals surface area contributed by atoms with Crippen molar-refractivity contribution in [1.29, 1.82) is 0 Å². The highest BCUT2D eigenvalue weighted by molar-refractivity contribution is 5.43. The first-order valence-corrected chi connectivity index (χ1v) is 6.50. The van der Waals surface area contributed by atoms with Gasteiger partial charge in [-0.15, -0.1) is 0 Å². The standard InChI is InChI=1S/C14H21N3/c1-14(2,3)17-10-11-8-12(17)9-16(11)13-6-4-5-7-15-13/h4-7,11-12H,8-10H2,1-3H3. The Balaban J connectivity index is 1.77. The molecule has 2 aliphatic heterocycles. The average Bonchev–Trinajstić information content (AvgIpc) is 2.88. The third-order valence-electron chi connectivity index (χ3n) is 4.05. The molecule has 2 unspecified atom stereocenters. The number of fused-ring (bicyclic) bond motifs is 2. The summed E-state index contributed by atoms with van der Waals surface area (Å²) < 4.78 is 0. The van der Waals surface area contributed by atoms with E-state index in [9.17, 15) is 0 Å². The molecular weight excluding hydrogens is 210 g/mol. The number of piperazine rings is 1. The predicted octanol–water partition coefficient (Wildman–Crippen LogP) is 2.14. The Hall–Kier alpha value is -1.09. The van der Waals surface area contributed by atoms with Gasteiger partial charge in [-0.05, 0) is 39.3 Å². The molecule has 2 saturated heterocycles. The molecule has 2 fully saturated rings. The molecule has 3 heterocycles. The third-order valence-corrected chi connectivity index (χ3v) is 4.05. The van der Waals surface area contributed by atoms with Gasteiger partial charge in [0.1, 0.15) is 5.82 Å². The quantitative estimate of drug-likeness (QED) is 0.738. The largest absolute Gasteiger partial charge is 0.351 e. The van der Waals surface area contributed by atoms with Crippen LogP contribution in [-0.4, -0.2) is 40.6 Å². The first-order valence-electron chi connectivity index (χ1n) is 6.50. The van der Waals surface area contributed by atoms with Crippen LogP contribution in [-0.2, 0) is 0 Å². The Morgan fingerprint density at radius 3 is 2.53 bits per heavy atom. The van der Waals surface area contributed by atoms with Gasteiger partial charge >= 0.3 is 0 Å². The van der Waals surface area contributed by atoms with E-state index in [1.165, 1.54) is 13.0 Å². The summed E-state index contributed by atoms with van der Waals surface area (Å²) in [6.07, 6.45) is 3.19. The maximum atomic E-state index is 4.47. The summed E-state index contributed by atoms with van der Waals surface area (Å²) in [6.45, 7) is 9.28. The lowest BCUT2D eigenvalue weighted by Gasteiger charge is -2.42. The maximum absolute atomic E-state index is 4.47. The fraction of sp³-hybridized carbons (Fsp3) is 0.643. The van der Waals surface area contributed by atoms with E-state index in [1.54, 1.807) is 0 Å². The van der Waals surface area contributed by atoms with Crippen molar-refractivity contribution >= 4 is 5.82 Å². The van der Waals surface area contributed by atoms with Crippen molar-refractivity contribution in [1.82, 2.24) is 9.88 Å². The molecule has 92 valence electrons. The van der Waals surface area contributed by atoms with Crippen LogP contribution in [0.15, 0.2) is 24.4 Å². The maximum Gasteiger partial charge on any atom is 0.128 e. The summed E-state index contributed by atoms with van der Waals surface area (Å²) in [5, 5.41) is 0. The zero-order valence-electron chi connectivity index (χ0n) is 10.9. The molecule has 0 spiro atoms. The smallest absolute Gasteiger partial charge is 0.128 e. The molecule has 0 saturated carbocycles. The minimum absolute atomic E-state index is 0.301. The molecule has 1 aromatic heterocycles. The molecule has 2 bridgehead atoms. The van der Waals surface area contributed by atoms with Crippen molar-refractivity contribution in [3.05, 3.63) is 24.4 Å². The summed E-state index contributed by atoms with van der Waals surface area (Å²) in [5.74, 6) is 1.15. The first kappa shape index (κ1) is 11.0. The number of hydrogen-bond donors (Lipinski definition) is 0. The van der Waals surface area contributed by atoms with Crippen molar-refractivity contribution < 1.29 is 0 Å². The van der Waals surface area contributed by atoms with E-state index < -0.39 is 0 Å². The number of likely N-dealkylation sites (tertiary alicyclic amines) is 1. The van der Waals surface area contributed by atoms with Crippen LogP contribution in [0, 0.1) is 0 Å². The van der Waals surface area contributed by atoms with Gasteiger partial charge in [-0.1, -0.05) is 6.07 Å². The molecular formula is C14H21N3. The van der Waals surface area contributed by atoms with Crippen LogP contribution in [0.4, 0.5) is 5.82 Å². The lowest BCUT2D eigenvalue weighted by Crippen LogP contribution is -2.53. The second-order valence-corrected chi connectivity index (χ2v) is 6.21. The molecule has 0 aromatic carbocycles. The number of nitrogens with zero attached hydrogens (tertiary/aromatic N) is 3. The summed E-state index contributed by atoms with van der Waals surface area (Å²) >= 11 is 0. The monoisotopic (exact) mass is 231 g/mol. The second kappa shape index (κ2) is 3.70. The van der Waals surface area contributed by atoms with Crippen LogP contribution in [0.1, 0.15) is 27.2 Å². The minimum Gasteiger partial charge on any atom is -0.351 e.